The highest BCUT2D eigenvalue weighted by atomic mass is 35.5. The van der Waals surface area contributed by atoms with Crippen molar-refractivity contribution in [2.45, 2.75) is 13.0 Å². The highest BCUT2D eigenvalue weighted by molar-refractivity contribution is 6.42. The second kappa shape index (κ2) is 3.96. The number of rotatable bonds is 1. The van der Waals surface area contributed by atoms with E-state index in [9.17, 15) is 9.59 Å². The predicted octanol–water partition coefficient (Wildman–Crippen LogP) is 2.87. The van der Waals surface area contributed by atoms with E-state index in [0.29, 0.717) is 10.7 Å². The lowest BCUT2D eigenvalue weighted by Crippen LogP contribution is -2.30. The van der Waals surface area contributed by atoms with Gasteiger partial charge in [-0.15, -0.1) is 0 Å². The Morgan fingerprint density at radius 1 is 1.25 bits per heavy atom. The molecule has 0 aromatic heterocycles. The van der Waals surface area contributed by atoms with Crippen LogP contribution in [0.3, 0.4) is 0 Å². The Bertz CT molecular complexity index is 475. The standard InChI is InChI=1S/C10H7Cl2NO3/c1-5-9(14)13(10(15)16-5)6-2-3-7(11)8(12)4-6/h2-5H,1H3. The average Bonchev–Trinajstić information content (AvgIpc) is 2.47. The molecular formula is C10H7Cl2NO3. The molecule has 1 aliphatic heterocycles. The van der Waals surface area contributed by atoms with Gasteiger partial charge < -0.3 is 4.74 Å². The zero-order valence-corrected chi connectivity index (χ0v) is 9.75. The molecule has 1 heterocycles. The molecule has 1 aromatic carbocycles. The Kier molecular flexibility index (Phi) is 2.78. The molecular weight excluding hydrogens is 253 g/mol. The van der Waals surface area contributed by atoms with Crippen LogP contribution in [-0.4, -0.2) is 18.1 Å². The second-order valence-corrected chi connectivity index (χ2v) is 4.11. The van der Waals surface area contributed by atoms with Crippen molar-refractivity contribution in [3.8, 4) is 0 Å². The van der Waals surface area contributed by atoms with E-state index in [4.69, 9.17) is 27.9 Å². The normalized spacial score (nSPS) is 20.2. The monoisotopic (exact) mass is 259 g/mol. The van der Waals surface area contributed by atoms with Crippen LogP contribution < -0.4 is 4.90 Å². The van der Waals surface area contributed by atoms with Gasteiger partial charge in [0.15, 0.2) is 6.10 Å². The molecule has 1 aliphatic rings. The number of anilines is 1. The summed E-state index contributed by atoms with van der Waals surface area (Å²) < 4.78 is 4.77. The van der Waals surface area contributed by atoms with Crippen molar-refractivity contribution in [1.29, 1.82) is 0 Å². The molecule has 0 bridgehead atoms. The maximum absolute atomic E-state index is 11.6. The first-order valence-corrected chi connectivity index (χ1v) is 5.26. The zero-order valence-electron chi connectivity index (χ0n) is 8.24. The van der Waals surface area contributed by atoms with E-state index in [0.717, 1.165) is 4.90 Å². The van der Waals surface area contributed by atoms with Crippen molar-refractivity contribution in [3.05, 3.63) is 28.2 Å². The molecule has 1 aromatic rings. The van der Waals surface area contributed by atoms with Crippen LogP contribution >= 0.6 is 23.2 Å². The van der Waals surface area contributed by atoms with Crippen molar-refractivity contribution in [2.75, 3.05) is 4.90 Å². The van der Waals surface area contributed by atoms with Gasteiger partial charge in [0.2, 0.25) is 0 Å². The second-order valence-electron chi connectivity index (χ2n) is 3.30. The first-order valence-electron chi connectivity index (χ1n) is 4.50. The number of benzene rings is 1. The summed E-state index contributed by atoms with van der Waals surface area (Å²) in [4.78, 5) is 24.0. The molecule has 1 saturated heterocycles. The summed E-state index contributed by atoms with van der Waals surface area (Å²) in [5.74, 6) is -0.414. The smallest absolute Gasteiger partial charge is 0.422 e. The SMILES string of the molecule is CC1OC(=O)N(c2ccc(Cl)c(Cl)c2)C1=O. The number of cyclic esters (lactones) is 1. The Morgan fingerprint density at radius 2 is 1.94 bits per heavy atom. The molecule has 16 heavy (non-hydrogen) atoms. The van der Waals surface area contributed by atoms with Gasteiger partial charge in [0.1, 0.15) is 0 Å². The zero-order chi connectivity index (χ0) is 11.9. The maximum Gasteiger partial charge on any atom is 0.422 e. The van der Waals surface area contributed by atoms with Crippen molar-refractivity contribution in [1.82, 2.24) is 0 Å². The van der Waals surface area contributed by atoms with Gasteiger partial charge in [-0.2, -0.15) is 0 Å². The molecule has 84 valence electrons. The fourth-order valence-electron chi connectivity index (χ4n) is 1.38. The highest BCUT2D eigenvalue weighted by Crippen LogP contribution is 2.29. The molecule has 0 N–H and O–H groups in total. The molecule has 0 spiro atoms. The third kappa shape index (κ3) is 1.74. The first kappa shape index (κ1) is 11.2. The van der Waals surface area contributed by atoms with Gasteiger partial charge in [-0.3, -0.25) is 4.79 Å². The van der Waals surface area contributed by atoms with Crippen LogP contribution in [0.25, 0.3) is 0 Å². The number of halogens is 2. The fourth-order valence-corrected chi connectivity index (χ4v) is 1.68. The minimum absolute atomic E-state index is 0.277. The fraction of sp³-hybridized carbons (Fsp3) is 0.200. The van der Waals surface area contributed by atoms with E-state index < -0.39 is 18.1 Å². The molecule has 6 heteroatoms. The Hall–Kier alpha value is -1.26. The molecule has 0 radical (unpaired) electrons. The van der Waals surface area contributed by atoms with Crippen molar-refractivity contribution in [2.24, 2.45) is 0 Å². The molecule has 0 saturated carbocycles. The Labute approximate surface area is 102 Å². The minimum atomic E-state index is -0.762. The number of imide groups is 1. The van der Waals surface area contributed by atoms with Crippen LogP contribution in [-0.2, 0) is 9.53 Å². The van der Waals surface area contributed by atoms with E-state index in [1.165, 1.54) is 25.1 Å². The lowest BCUT2D eigenvalue weighted by Gasteiger charge is -2.11. The Morgan fingerprint density at radius 3 is 2.44 bits per heavy atom. The maximum atomic E-state index is 11.6. The van der Waals surface area contributed by atoms with Gasteiger partial charge in [-0.25, -0.2) is 9.69 Å². The predicted molar refractivity (Wildman–Crippen MR) is 59.9 cm³/mol. The van der Waals surface area contributed by atoms with Crippen LogP contribution in [0.5, 0.6) is 0 Å². The summed E-state index contributed by atoms with van der Waals surface area (Å²) in [5.41, 5.74) is 0.355. The third-order valence-corrected chi connectivity index (χ3v) is 2.93. The van der Waals surface area contributed by atoms with E-state index in [-0.39, 0.29) is 5.02 Å². The van der Waals surface area contributed by atoms with Gasteiger partial charge >= 0.3 is 6.09 Å². The summed E-state index contributed by atoms with van der Waals surface area (Å²) >= 11 is 11.5. The molecule has 1 fully saturated rings. The quantitative estimate of drug-likeness (QED) is 0.779. The summed E-state index contributed by atoms with van der Waals surface area (Å²) in [6.45, 7) is 1.51. The van der Waals surface area contributed by atoms with E-state index in [1.807, 2.05) is 0 Å². The third-order valence-electron chi connectivity index (χ3n) is 2.19. The molecule has 1 unspecified atom stereocenters. The number of amides is 2. The average molecular weight is 260 g/mol. The van der Waals surface area contributed by atoms with Crippen LogP contribution in [0.1, 0.15) is 6.92 Å². The number of nitrogens with zero attached hydrogens (tertiary/aromatic N) is 1. The van der Waals surface area contributed by atoms with Gasteiger partial charge in [-0.1, -0.05) is 23.2 Å². The van der Waals surface area contributed by atoms with Gasteiger partial charge in [-0.05, 0) is 25.1 Å². The van der Waals surface area contributed by atoms with E-state index >= 15 is 0 Å². The number of hydrogen-bond donors (Lipinski definition) is 0. The summed E-state index contributed by atoms with van der Waals surface area (Å²) in [7, 11) is 0. The lowest BCUT2D eigenvalue weighted by molar-refractivity contribution is -0.121. The number of ether oxygens (including phenoxy) is 1. The molecule has 2 rings (SSSR count). The topological polar surface area (TPSA) is 46.6 Å². The van der Waals surface area contributed by atoms with Crippen molar-refractivity contribution in [3.63, 3.8) is 0 Å². The van der Waals surface area contributed by atoms with Crippen LogP contribution in [0.2, 0.25) is 10.0 Å². The number of carbonyl (C=O) groups excluding carboxylic acids is 2. The van der Waals surface area contributed by atoms with Gasteiger partial charge in [0, 0.05) is 0 Å². The minimum Gasteiger partial charge on any atom is -0.436 e. The van der Waals surface area contributed by atoms with Crippen molar-refractivity contribution >= 4 is 40.9 Å². The van der Waals surface area contributed by atoms with E-state index in [1.54, 1.807) is 0 Å². The Balaban J connectivity index is 2.41. The largest absolute Gasteiger partial charge is 0.436 e. The van der Waals surface area contributed by atoms with Gasteiger partial charge in [0.25, 0.3) is 5.91 Å². The number of carbonyl (C=O) groups is 2. The van der Waals surface area contributed by atoms with Crippen LogP contribution in [0.15, 0.2) is 18.2 Å². The highest BCUT2D eigenvalue weighted by Gasteiger charge is 2.38. The molecule has 2 amide bonds. The van der Waals surface area contributed by atoms with E-state index in [2.05, 4.69) is 0 Å². The molecule has 0 aliphatic carbocycles. The van der Waals surface area contributed by atoms with Gasteiger partial charge in [0.05, 0.1) is 15.7 Å². The summed E-state index contributed by atoms with van der Waals surface area (Å²) in [5, 5.41) is 0.637. The summed E-state index contributed by atoms with van der Waals surface area (Å²) in [6, 6.07) is 4.50. The number of hydrogen-bond acceptors (Lipinski definition) is 3. The van der Waals surface area contributed by atoms with Crippen LogP contribution in [0, 0.1) is 0 Å². The summed E-state index contributed by atoms with van der Waals surface area (Å²) in [6.07, 6.45) is -1.46. The van der Waals surface area contributed by atoms with Crippen molar-refractivity contribution < 1.29 is 14.3 Å². The van der Waals surface area contributed by atoms with Crippen LogP contribution in [0.4, 0.5) is 10.5 Å². The molecule has 4 nitrogen and oxygen atoms in total. The first-order chi connectivity index (χ1) is 7.50. The molecule has 1 atom stereocenters. The lowest BCUT2D eigenvalue weighted by atomic mass is 10.2.